The lowest BCUT2D eigenvalue weighted by Gasteiger charge is -2.33. The van der Waals surface area contributed by atoms with Crippen LogP contribution in [0.15, 0.2) is 22.0 Å². The minimum atomic E-state index is -3.71. The molecule has 0 bridgehead atoms. The van der Waals surface area contributed by atoms with Gasteiger partial charge in [-0.3, -0.25) is 14.5 Å². The lowest BCUT2D eigenvalue weighted by Crippen LogP contribution is -2.48. The second kappa shape index (κ2) is 9.32. The second-order valence-corrected chi connectivity index (χ2v) is 10.0. The molecule has 0 aliphatic carbocycles. The van der Waals surface area contributed by atoms with Crippen LogP contribution >= 0.6 is 0 Å². The zero-order valence-corrected chi connectivity index (χ0v) is 20.4. The molecule has 3 aromatic rings. The average molecular weight is 474 g/mol. The SMILES string of the molecule is CCc1ncc(S(=O)(=O)N2CCN(CC)CC2)cc1-c1nc2c(CC)n(CC)nc2c(=O)[nH]1. The number of sulfonamides is 1. The van der Waals surface area contributed by atoms with Crippen molar-refractivity contribution in [1.29, 1.82) is 0 Å². The summed E-state index contributed by atoms with van der Waals surface area (Å²) in [5.74, 6) is 0.315. The van der Waals surface area contributed by atoms with Gasteiger partial charge in [-0.25, -0.2) is 13.4 Å². The van der Waals surface area contributed by atoms with E-state index in [2.05, 4.69) is 26.9 Å². The summed E-state index contributed by atoms with van der Waals surface area (Å²) in [6.07, 6.45) is 2.66. The number of hydrogen-bond acceptors (Lipinski definition) is 7. The van der Waals surface area contributed by atoms with Gasteiger partial charge in [0.1, 0.15) is 16.2 Å². The van der Waals surface area contributed by atoms with Crippen LogP contribution in [0.25, 0.3) is 22.4 Å². The minimum absolute atomic E-state index is 0.113. The van der Waals surface area contributed by atoms with Crippen molar-refractivity contribution in [3.63, 3.8) is 0 Å². The topological polar surface area (TPSA) is 117 Å². The summed E-state index contributed by atoms with van der Waals surface area (Å²) in [7, 11) is -3.71. The Bertz CT molecular complexity index is 1320. The van der Waals surface area contributed by atoms with Gasteiger partial charge in [0, 0.05) is 44.5 Å². The van der Waals surface area contributed by atoms with Gasteiger partial charge in [-0.15, -0.1) is 0 Å². The maximum Gasteiger partial charge on any atom is 0.279 e. The van der Waals surface area contributed by atoms with Gasteiger partial charge in [-0.2, -0.15) is 9.40 Å². The average Bonchev–Trinajstić information content (AvgIpc) is 3.21. The quantitative estimate of drug-likeness (QED) is 0.554. The predicted molar refractivity (Wildman–Crippen MR) is 127 cm³/mol. The molecule has 1 fully saturated rings. The molecule has 1 N–H and O–H groups in total. The third-order valence-electron chi connectivity index (χ3n) is 6.29. The normalized spacial score (nSPS) is 16.0. The van der Waals surface area contributed by atoms with Crippen LogP contribution in [0.2, 0.25) is 0 Å². The number of fused-ring (bicyclic) bond motifs is 1. The molecule has 0 unspecified atom stereocenters. The van der Waals surface area contributed by atoms with Gasteiger partial charge in [0.25, 0.3) is 5.56 Å². The van der Waals surface area contributed by atoms with Crippen molar-refractivity contribution in [3.8, 4) is 11.4 Å². The third-order valence-corrected chi connectivity index (χ3v) is 8.15. The Morgan fingerprint density at radius 3 is 2.33 bits per heavy atom. The highest BCUT2D eigenvalue weighted by atomic mass is 32.2. The molecule has 0 aromatic carbocycles. The van der Waals surface area contributed by atoms with Gasteiger partial charge < -0.3 is 9.88 Å². The number of aromatic nitrogens is 5. The number of nitrogens with one attached hydrogen (secondary N) is 1. The van der Waals surface area contributed by atoms with E-state index in [-0.39, 0.29) is 10.5 Å². The van der Waals surface area contributed by atoms with E-state index in [0.717, 1.165) is 12.2 Å². The summed E-state index contributed by atoms with van der Waals surface area (Å²) in [5, 5.41) is 4.40. The second-order valence-electron chi connectivity index (χ2n) is 8.08. The van der Waals surface area contributed by atoms with Crippen molar-refractivity contribution in [2.75, 3.05) is 32.7 Å². The molecule has 0 atom stereocenters. The molecule has 3 aromatic heterocycles. The molecular formula is C22H31N7O3S. The number of H-pyrrole nitrogens is 1. The van der Waals surface area contributed by atoms with Crippen LogP contribution in [-0.2, 0) is 29.4 Å². The Balaban J connectivity index is 1.81. The van der Waals surface area contributed by atoms with Crippen LogP contribution in [-0.4, -0.2) is 75.1 Å². The van der Waals surface area contributed by atoms with E-state index in [4.69, 9.17) is 4.98 Å². The van der Waals surface area contributed by atoms with E-state index >= 15 is 0 Å². The van der Waals surface area contributed by atoms with Crippen LogP contribution < -0.4 is 5.56 Å². The maximum atomic E-state index is 13.3. The first-order valence-corrected chi connectivity index (χ1v) is 13.0. The first kappa shape index (κ1) is 23.5. The van der Waals surface area contributed by atoms with Crippen molar-refractivity contribution in [2.45, 2.75) is 52.0 Å². The number of hydrogen-bond donors (Lipinski definition) is 1. The molecule has 10 nitrogen and oxygen atoms in total. The molecule has 0 amide bonds. The summed E-state index contributed by atoms with van der Waals surface area (Å²) in [5.41, 5.74) is 2.57. The van der Waals surface area contributed by atoms with E-state index in [0.29, 0.717) is 73.7 Å². The summed E-state index contributed by atoms with van der Waals surface area (Å²) in [6.45, 7) is 11.8. The molecule has 178 valence electrons. The van der Waals surface area contributed by atoms with E-state index in [9.17, 15) is 13.2 Å². The molecule has 1 aliphatic rings. The van der Waals surface area contributed by atoms with E-state index in [1.807, 2.05) is 20.8 Å². The Morgan fingerprint density at radius 1 is 1.00 bits per heavy atom. The number of likely N-dealkylation sites (N-methyl/N-ethyl adjacent to an activating group) is 1. The largest absolute Gasteiger partial charge is 0.305 e. The molecule has 0 radical (unpaired) electrons. The molecule has 0 saturated carbocycles. The zero-order chi connectivity index (χ0) is 23.8. The van der Waals surface area contributed by atoms with Gasteiger partial charge in [0.05, 0.1) is 11.4 Å². The van der Waals surface area contributed by atoms with Crippen LogP contribution in [0.5, 0.6) is 0 Å². The van der Waals surface area contributed by atoms with Crippen LogP contribution in [0.1, 0.15) is 39.1 Å². The molecule has 4 heterocycles. The van der Waals surface area contributed by atoms with Gasteiger partial charge in [-0.05, 0) is 32.4 Å². The monoisotopic (exact) mass is 473 g/mol. The van der Waals surface area contributed by atoms with Crippen molar-refractivity contribution >= 4 is 21.1 Å². The molecule has 1 saturated heterocycles. The molecule has 33 heavy (non-hydrogen) atoms. The number of rotatable bonds is 7. The maximum absolute atomic E-state index is 13.3. The van der Waals surface area contributed by atoms with Crippen molar-refractivity contribution in [1.82, 2.24) is 33.9 Å². The van der Waals surface area contributed by atoms with Gasteiger partial charge >= 0.3 is 0 Å². The fourth-order valence-corrected chi connectivity index (χ4v) is 5.74. The first-order valence-electron chi connectivity index (χ1n) is 11.5. The molecule has 4 rings (SSSR count). The number of pyridine rings is 1. The Kier molecular flexibility index (Phi) is 6.64. The van der Waals surface area contributed by atoms with Crippen LogP contribution in [0.3, 0.4) is 0 Å². The zero-order valence-electron chi connectivity index (χ0n) is 19.6. The Morgan fingerprint density at radius 2 is 1.73 bits per heavy atom. The van der Waals surface area contributed by atoms with Crippen molar-refractivity contribution in [2.24, 2.45) is 0 Å². The minimum Gasteiger partial charge on any atom is -0.305 e. The van der Waals surface area contributed by atoms with Crippen LogP contribution in [0, 0.1) is 0 Å². The highest BCUT2D eigenvalue weighted by Gasteiger charge is 2.29. The molecule has 1 aliphatic heterocycles. The molecule has 0 spiro atoms. The van der Waals surface area contributed by atoms with Crippen LogP contribution in [0.4, 0.5) is 0 Å². The third kappa shape index (κ3) is 4.20. The molecule has 11 heteroatoms. The first-order chi connectivity index (χ1) is 15.8. The summed E-state index contributed by atoms with van der Waals surface area (Å²) in [4.78, 5) is 27.1. The lowest BCUT2D eigenvalue weighted by molar-refractivity contribution is 0.196. The summed E-state index contributed by atoms with van der Waals surface area (Å²) in [6, 6.07) is 1.59. The number of nitrogens with zero attached hydrogens (tertiary/aromatic N) is 6. The highest BCUT2D eigenvalue weighted by molar-refractivity contribution is 7.89. The summed E-state index contributed by atoms with van der Waals surface area (Å²) < 4.78 is 30.0. The van der Waals surface area contributed by atoms with Gasteiger partial charge in [0.2, 0.25) is 10.0 Å². The standard InChI is InChI=1S/C22H31N7O3S/c1-5-17-16(21-24-19-18(6-2)29(8-4)26-20(19)22(30)25-21)13-15(14-23-17)33(31,32)28-11-9-27(7-3)10-12-28/h13-14H,5-12H2,1-4H3,(H,24,25,30). The summed E-state index contributed by atoms with van der Waals surface area (Å²) >= 11 is 0. The number of piperazine rings is 1. The number of aromatic amines is 1. The Labute approximate surface area is 193 Å². The fraction of sp³-hybridized carbons (Fsp3) is 0.545. The fourth-order valence-electron chi connectivity index (χ4n) is 4.34. The van der Waals surface area contributed by atoms with Gasteiger partial charge in [0.15, 0.2) is 5.52 Å². The van der Waals surface area contributed by atoms with Crippen molar-refractivity contribution < 1.29 is 8.42 Å². The molecular weight excluding hydrogens is 442 g/mol. The van der Waals surface area contributed by atoms with E-state index < -0.39 is 10.0 Å². The lowest BCUT2D eigenvalue weighted by atomic mass is 10.1. The predicted octanol–water partition coefficient (Wildman–Crippen LogP) is 1.65. The van der Waals surface area contributed by atoms with E-state index in [1.165, 1.54) is 10.5 Å². The van der Waals surface area contributed by atoms with Gasteiger partial charge in [-0.1, -0.05) is 20.8 Å². The highest BCUT2D eigenvalue weighted by Crippen LogP contribution is 2.26. The van der Waals surface area contributed by atoms with E-state index in [1.54, 1.807) is 10.7 Å². The Hall–Kier alpha value is -2.63. The number of aryl methyl sites for hydroxylation is 3. The smallest absolute Gasteiger partial charge is 0.279 e. The van der Waals surface area contributed by atoms with Crippen molar-refractivity contribution in [3.05, 3.63) is 34.0 Å².